The third-order valence-electron chi connectivity index (χ3n) is 6.98. The molecule has 0 aromatic carbocycles. The van der Waals surface area contributed by atoms with Crippen molar-refractivity contribution in [2.24, 2.45) is 11.8 Å². The Morgan fingerprint density at radius 3 is 2.41 bits per heavy atom. The molecule has 2 fully saturated rings. The van der Waals surface area contributed by atoms with E-state index < -0.39 is 43.0 Å². The largest absolute Gasteiger partial charge is 0.508 e. The van der Waals surface area contributed by atoms with Gasteiger partial charge in [0.15, 0.2) is 0 Å². The van der Waals surface area contributed by atoms with Gasteiger partial charge in [0.2, 0.25) is 5.91 Å². The number of thioether (sulfide) groups is 1. The molecule has 2 amide bonds. The van der Waals surface area contributed by atoms with E-state index in [0.29, 0.717) is 11.3 Å². The maximum Gasteiger partial charge on any atom is 0.508 e. The molecule has 6 atom stereocenters. The van der Waals surface area contributed by atoms with E-state index in [1.54, 1.807) is 6.92 Å². The van der Waals surface area contributed by atoms with Gasteiger partial charge in [-0.05, 0) is 13.3 Å². The topological polar surface area (TPSA) is 121 Å². The lowest BCUT2D eigenvalue weighted by Crippen LogP contribution is -2.64. The fourth-order valence-electron chi connectivity index (χ4n) is 5.25. The highest BCUT2D eigenvalue weighted by Crippen LogP contribution is 2.52. The van der Waals surface area contributed by atoms with Gasteiger partial charge < -0.3 is 33.5 Å². The second kappa shape index (κ2) is 15.1. The van der Waals surface area contributed by atoms with Gasteiger partial charge in [-0.1, -0.05) is 44.9 Å². The number of ether oxygens (including phenoxy) is 5. The van der Waals surface area contributed by atoms with Gasteiger partial charge in [0.05, 0.1) is 31.2 Å². The molecule has 0 radical (unpaired) electrons. The van der Waals surface area contributed by atoms with Gasteiger partial charge in [0.1, 0.15) is 38.3 Å². The predicted octanol–water partition coefficient (Wildman–Crippen LogP) is 3.62. The summed E-state index contributed by atoms with van der Waals surface area (Å²) in [5.74, 6) is -2.04. The molecular weight excluding hydrogens is 559 g/mol. The van der Waals surface area contributed by atoms with Crippen LogP contribution in [0.3, 0.4) is 0 Å². The number of carbonyl (C=O) groups excluding carboxylic acids is 4. The van der Waals surface area contributed by atoms with E-state index in [0.717, 1.165) is 0 Å². The van der Waals surface area contributed by atoms with Crippen LogP contribution >= 0.6 is 11.8 Å². The second-order valence-corrected chi connectivity index (χ2v) is 11.0. The number of esters is 1. The van der Waals surface area contributed by atoms with Crippen LogP contribution in [-0.4, -0.2) is 104 Å². The van der Waals surface area contributed by atoms with Crippen molar-refractivity contribution in [3.8, 4) is 0 Å². The highest BCUT2D eigenvalue weighted by atomic mass is 32.2. The minimum atomic E-state index is -0.919. The summed E-state index contributed by atoms with van der Waals surface area (Å²) in [4.78, 5) is 54.8. The van der Waals surface area contributed by atoms with Crippen LogP contribution in [0.4, 0.5) is 14.0 Å². The highest BCUT2D eigenvalue weighted by molar-refractivity contribution is 8.03. The standard InChI is InChI=1S/C28H37FN2O9S/c1-6-10-37-26(33)23-24(17(4)22-21(25(32)31(22)23)18(5)40-28(35)39-12-8-3)41-20-14-19(16-36-13-9-29)30(15-20)27(34)38-11-7-2/h6-8,17-22H,1-3,9-16H2,4-5H3/t17-,18-,19+,20+,21-,22-/m1/s1. The monoisotopic (exact) mass is 596 g/mol. The summed E-state index contributed by atoms with van der Waals surface area (Å²) >= 11 is 1.39. The first kappa shape index (κ1) is 32.2. The van der Waals surface area contributed by atoms with Crippen LogP contribution in [0, 0.1) is 11.8 Å². The van der Waals surface area contributed by atoms with Crippen molar-refractivity contribution in [2.45, 2.75) is 43.7 Å². The summed E-state index contributed by atoms with van der Waals surface area (Å²) in [5, 5.41) is -0.181. The van der Waals surface area contributed by atoms with Crippen molar-refractivity contribution in [3.63, 3.8) is 0 Å². The zero-order valence-corrected chi connectivity index (χ0v) is 24.1. The molecule has 0 saturated carbocycles. The average molecular weight is 597 g/mol. The number of hydrogen-bond donors (Lipinski definition) is 0. The number of fused-ring (bicyclic) bond motifs is 1. The Morgan fingerprint density at radius 1 is 1.10 bits per heavy atom. The van der Waals surface area contributed by atoms with Crippen LogP contribution in [0.2, 0.25) is 0 Å². The number of alkyl halides is 1. The quantitative estimate of drug-likeness (QED) is 0.0911. The molecule has 0 spiro atoms. The van der Waals surface area contributed by atoms with E-state index in [1.165, 1.54) is 39.8 Å². The zero-order chi connectivity index (χ0) is 30.1. The van der Waals surface area contributed by atoms with Gasteiger partial charge >= 0.3 is 18.2 Å². The summed E-state index contributed by atoms with van der Waals surface area (Å²) < 4.78 is 38.8. The lowest BCUT2D eigenvalue weighted by molar-refractivity contribution is -0.164. The van der Waals surface area contributed by atoms with E-state index in [-0.39, 0.29) is 68.4 Å². The molecule has 226 valence electrons. The molecule has 0 aromatic rings. The molecule has 11 nitrogen and oxygen atoms in total. The lowest BCUT2D eigenvalue weighted by atomic mass is 9.79. The second-order valence-electron chi connectivity index (χ2n) is 9.70. The lowest BCUT2D eigenvalue weighted by Gasteiger charge is -2.47. The van der Waals surface area contributed by atoms with Crippen LogP contribution in [0.1, 0.15) is 20.3 Å². The molecule has 3 aliphatic heterocycles. The number of likely N-dealkylation sites (tertiary alicyclic amines) is 1. The third kappa shape index (κ3) is 7.31. The number of halogens is 1. The normalized spacial score (nSPS) is 25.6. The number of amides is 2. The minimum absolute atomic E-state index is 0.0306. The van der Waals surface area contributed by atoms with Crippen molar-refractivity contribution in [1.82, 2.24) is 9.80 Å². The van der Waals surface area contributed by atoms with Gasteiger partial charge in [-0.3, -0.25) is 4.79 Å². The van der Waals surface area contributed by atoms with Crippen LogP contribution in [-0.2, 0) is 33.3 Å². The Bertz CT molecular complexity index is 1070. The van der Waals surface area contributed by atoms with Gasteiger partial charge in [0, 0.05) is 22.6 Å². The molecule has 0 unspecified atom stereocenters. The maximum atomic E-state index is 13.3. The summed E-state index contributed by atoms with van der Waals surface area (Å²) in [5.41, 5.74) is 0.134. The molecule has 0 N–H and O–H groups in total. The first-order chi connectivity index (χ1) is 19.7. The fraction of sp³-hybridized carbons (Fsp3) is 0.571. The van der Waals surface area contributed by atoms with Crippen LogP contribution in [0.25, 0.3) is 0 Å². The van der Waals surface area contributed by atoms with Crippen LogP contribution in [0.5, 0.6) is 0 Å². The summed E-state index contributed by atoms with van der Waals surface area (Å²) in [6.45, 7) is 13.7. The predicted molar refractivity (Wildman–Crippen MR) is 148 cm³/mol. The number of carbonyl (C=O) groups is 4. The molecule has 13 heteroatoms. The molecule has 0 bridgehead atoms. The van der Waals surface area contributed by atoms with Gasteiger partial charge in [-0.15, -0.1) is 11.8 Å². The Labute approximate surface area is 243 Å². The van der Waals surface area contributed by atoms with Crippen molar-refractivity contribution in [2.75, 3.05) is 46.3 Å². The number of nitrogens with zero attached hydrogens (tertiary/aromatic N) is 2. The Hall–Kier alpha value is -3.32. The van der Waals surface area contributed by atoms with E-state index in [2.05, 4.69) is 19.7 Å². The molecule has 41 heavy (non-hydrogen) atoms. The first-order valence-electron chi connectivity index (χ1n) is 13.3. The molecule has 2 saturated heterocycles. The number of rotatable bonds is 15. The minimum Gasteiger partial charge on any atom is -0.457 e. The van der Waals surface area contributed by atoms with Crippen molar-refractivity contribution < 1.29 is 47.3 Å². The maximum absolute atomic E-state index is 13.3. The third-order valence-corrected chi connectivity index (χ3v) is 8.48. The van der Waals surface area contributed by atoms with E-state index in [4.69, 9.17) is 23.7 Å². The number of hydrogen-bond acceptors (Lipinski definition) is 10. The number of β-lactam (4-membered cyclic amide) rings is 1. The molecule has 3 heterocycles. The van der Waals surface area contributed by atoms with Crippen molar-refractivity contribution >= 4 is 35.9 Å². The van der Waals surface area contributed by atoms with Crippen LogP contribution in [0.15, 0.2) is 48.6 Å². The van der Waals surface area contributed by atoms with E-state index >= 15 is 0 Å². The molecule has 3 rings (SSSR count). The van der Waals surface area contributed by atoms with Crippen molar-refractivity contribution in [3.05, 3.63) is 48.6 Å². The summed E-state index contributed by atoms with van der Waals surface area (Å²) in [7, 11) is 0. The smallest absolute Gasteiger partial charge is 0.457 e. The SMILES string of the molecule is C=CCOC(=O)O[C@H](C)[C@H]1C(=O)N2C(C(=O)OCC=C)=C(S[C@H]3C[C@@H](COCCF)N(C(=O)OCC=C)C3)[C@H](C)[C@H]12. The summed E-state index contributed by atoms with van der Waals surface area (Å²) in [6, 6.07) is -0.816. The zero-order valence-electron chi connectivity index (χ0n) is 23.3. The highest BCUT2D eigenvalue weighted by Gasteiger charge is 2.61. The fourth-order valence-corrected chi connectivity index (χ4v) is 6.81. The van der Waals surface area contributed by atoms with Gasteiger partial charge in [-0.2, -0.15) is 0 Å². The Morgan fingerprint density at radius 2 is 1.76 bits per heavy atom. The van der Waals surface area contributed by atoms with Crippen molar-refractivity contribution in [1.29, 1.82) is 0 Å². The Balaban J connectivity index is 1.82. The average Bonchev–Trinajstić information content (AvgIpc) is 3.46. The van der Waals surface area contributed by atoms with E-state index in [1.807, 2.05) is 6.92 Å². The first-order valence-corrected chi connectivity index (χ1v) is 14.2. The van der Waals surface area contributed by atoms with Crippen LogP contribution < -0.4 is 0 Å². The molecule has 0 aliphatic carbocycles. The Kier molecular flexibility index (Phi) is 11.8. The summed E-state index contributed by atoms with van der Waals surface area (Å²) in [6.07, 6.45) is 2.50. The molecule has 3 aliphatic rings. The van der Waals surface area contributed by atoms with Gasteiger partial charge in [-0.25, -0.2) is 18.8 Å². The van der Waals surface area contributed by atoms with E-state index in [9.17, 15) is 23.6 Å². The molecular formula is C28H37FN2O9S. The molecule has 0 aromatic heterocycles. The van der Waals surface area contributed by atoms with Gasteiger partial charge in [0.25, 0.3) is 0 Å².